The van der Waals surface area contributed by atoms with E-state index >= 15 is 0 Å². The zero-order valence-corrected chi connectivity index (χ0v) is 11.3. The van der Waals surface area contributed by atoms with Gasteiger partial charge in [0.05, 0.1) is 12.1 Å². The van der Waals surface area contributed by atoms with Gasteiger partial charge in [0.2, 0.25) is 5.91 Å². The minimum absolute atomic E-state index is 0.0203. The van der Waals surface area contributed by atoms with Gasteiger partial charge in [0.1, 0.15) is 0 Å². The van der Waals surface area contributed by atoms with Crippen molar-refractivity contribution in [1.82, 2.24) is 10.3 Å². The molecule has 2 N–H and O–H groups in total. The highest BCUT2D eigenvalue weighted by atomic mass is 16.1. The summed E-state index contributed by atoms with van der Waals surface area (Å²) in [5.74, 6) is 0.0203. The summed E-state index contributed by atoms with van der Waals surface area (Å²) in [6.45, 7) is 0. The molecule has 2 aromatic carbocycles. The summed E-state index contributed by atoms with van der Waals surface area (Å²) in [4.78, 5) is 15.2. The highest BCUT2D eigenvalue weighted by molar-refractivity contribution is 5.95. The zero-order chi connectivity index (χ0) is 13.9. The summed E-state index contributed by atoms with van der Waals surface area (Å²) in [5, 5.41) is 3.80. The van der Waals surface area contributed by atoms with Crippen molar-refractivity contribution in [2.24, 2.45) is 0 Å². The third kappa shape index (κ3) is 2.18. The molecule has 3 heteroatoms. The van der Waals surface area contributed by atoms with Crippen LogP contribution in [0.25, 0.3) is 22.2 Å². The number of hydrogen-bond donors (Lipinski definition) is 2. The van der Waals surface area contributed by atoms with E-state index in [0.717, 1.165) is 27.7 Å². The summed E-state index contributed by atoms with van der Waals surface area (Å²) in [5.41, 5.74) is 4.23. The van der Waals surface area contributed by atoms with Gasteiger partial charge in [-0.15, -0.1) is 0 Å². The second-order valence-electron chi connectivity index (χ2n) is 4.74. The van der Waals surface area contributed by atoms with Gasteiger partial charge in [-0.3, -0.25) is 4.79 Å². The minimum Gasteiger partial charge on any atom is -0.359 e. The lowest BCUT2D eigenvalue weighted by Crippen LogP contribution is -2.20. The average molecular weight is 264 g/mol. The van der Waals surface area contributed by atoms with Crippen LogP contribution in [-0.2, 0) is 11.2 Å². The predicted octanol–water partition coefficient (Wildman–Crippen LogP) is 3.12. The van der Waals surface area contributed by atoms with E-state index in [-0.39, 0.29) is 5.91 Å². The number of benzene rings is 2. The number of amides is 1. The number of aromatic nitrogens is 1. The Bertz CT molecular complexity index is 744. The fourth-order valence-corrected chi connectivity index (χ4v) is 2.48. The molecule has 0 fully saturated rings. The summed E-state index contributed by atoms with van der Waals surface area (Å²) in [7, 11) is 1.67. The van der Waals surface area contributed by atoms with E-state index in [0.29, 0.717) is 6.42 Å². The minimum atomic E-state index is 0.0203. The molecular formula is C17H16N2O. The van der Waals surface area contributed by atoms with Crippen molar-refractivity contribution in [1.29, 1.82) is 0 Å². The standard InChI is InChI=1S/C17H16N2O/c1-18-16(20)11-14-13-9-5-6-10-15(13)19-17(14)12-7-3-2-4-8-12/h2-10,19H,11H2,1H3,(H,18,20). The Morgan fingerprint density at radius 3 is 2.50 bits per heavy atom. The summed E-state index contributed by atoms with van der Waals surface area (Å²) < 4.78 is 0. The molecule has 0 saturated heterocycles. The molecule has 3 aromatic rings. The van der Waals surface area contributed by atoms with Gasteiger partial charge in [-0.25, -0.2) is 0 Å². The summed E-state index contributed by atoms with van der Waals surface area (Å²) in [6, 6.07) is 18.2. The molecule has 3 rings (SSSR count). The Kier molecular flexibility index (Phi) is 3.25. The SMILES string of the molecule is CNC(=O)Cc1c(-c2ccccc2)[nH]c2ccccc12. The van der Waals surface area contributed by atoms with Crippen LogP contribution in [0.15, 0.2) is 54.6 Å². The van der Waals surface area contributed by atoms with Crippen LogP contribution in [0.1, 0.15) is 5.56 Å². The molecular weight excluding hydrogens is 248 g/mol. The summed E-state index contributed by atoms with van der Waals surface area (Å²) >= 11 is 0. The van der Waals surface area contributed by atoms with Crippen LogP contribution in [0.5, 0.6) is 0 Å². The molecule has 3 nitrogen and oxygen atoms in total. The van der Waals surface area contributed by atoms with Crippen molar-refractivity contribution in [3.05, 3.63) is 60.2 Å². The van der Waals surface area contributed by atoms with Crippen LogP contribution in [0.3, 0.4) is 0 Å². The van der Waals surface area contributed by atoms with Crippen molar-refractivity contribution >= 4 is 16.8 Å². The Labute approximate surface area is 117 Å². The van der Waals surface area contributed by atoms with Crippen LogP contribution in [-0.4, -0.2) is 17.9 Å². The van der Waals surface area contributed by atoms with Gasteiger partial charge in [-0.2, -0.15) is 0 Å². The molecule has 0 saturated carbocycles. The first kappa shape index (κ1) is 12.5. The van der Waals surface area contributed by atoms with Crippen molar-refractivity contribution in [2.45, 2.75) is 6.42 Å². The quantitative estimate of drug-likeness (QED) is 0.750. The molecule has 0 aliphatic carbocycles. The van der Waals surface area contributed by atoms with Crippen LogP contribution in [0.2, 0.25) is 0 Å². The topological polar surface area (TPSA) is 44.9 Å². The maximum Gasteiger partial charge on any atom is 0.224 e. The Morgan fingerprint density at radius 1 is 1.05 bits per heavy atom. The molecule has 1 aromatic heterocycles. The number of para-hydroxylation sites is 1. The smallest absolute Gasteiger partial charge is 0.224 e. The molecule has 0 bridgehead atoms. The molecule has 0 unspecified atom stereocenters. The number of H-pyrrole nitrogens is 1. The molecule has 0 atom stereocenters. The van der Waals surface area contributed by atoms with Crippen LogP contribution in [0, 0.1) is 0 Å². The molecule has 1 amide bonds. The third-order valence-electron chi connectivity index (χ3n) is 3.49. The van der Waals surface area contributed by atoms with Crippen molar-refractivity contribution in [2.75, 3.05) is 7.05 Å². The van der Waals surface area contributed by atoms with E-state index in [1.807, 2.05) is 36.4 Å². The van der Waals surface area contributed by atoms with Crippen molar-refractivity contribution in [3.8, 4) is 11.3 Å². The van der Waals surface area contributed by atoms with E-state index in [1.54, 1.807) is 7.05 Å². The van der Waals surface area contributed by atoms with Gasteiger partial charge in [-0.1, -0.05) is 48.5 Å². The van der Waals surface area contributed by atoms with Gasteiger partial charge in [0.25, 0.3) is 0 Å². The Morgan fingerprint density at radius 2 is 1.75 bits per heavy atom. The fourth-order valence-electron chi connectivity index (χ4n) is 2.48. The third-order valence-corrected chi connectivity index (χ3v) is 3.49. The maximum absolute atomic E-state index is 11.8. The van der Waals surface area contributed by atoms with Gasteiger partial charge in [0, 0.05) is 18.0 Å². The van der Waals surface area contributed by atoms with Crippen LogP contribution < -0.4 is 5.32 Å². The number of hydrogen-bond acceptors (Lipinski definition) is 1. The summed E-state index contributed by atoms with van der Waals surface area (Å²) in [6.07, 6.45) is 0.380. The lowest BCUT2D eigenvalue weighted by atomic mass is 10.0. The second-order valence-corrected chi connectivity index (χ2v) is 4.74. The molecule has 0 spiro atoms. The molecule has 0 radical (unpaired) electrons. The largest absolute Gasteiger partial charge is 0.359 e. The van der Waals surface area contributed by atoms with E-state index in [9.17, 15) is 4.79 Å². The van der Waals surface area contributed by atoms with E-state index in [2.05, 4.69) is 28.5 Å². The van der Waals surface area contributed by atoms with E-state index < -0.39 is 0 Å². The Balaban J connectivity index is 2.20. The van der Waals surface area contributed by atoms with Crippen LogP contribution in [0.4, 0.5) is 0 Å². The first-order valence-corrected chi connectivity index (χ1v) is 6.65. The van der Waals surface area contributed by atoms with E-state index in [4.69, 9.17) is 0 Å². The monoisotopic (exact) mass is 264 g/mol. The molecule has 0 aliphatic heterocycles. The number of fused-ring (bicyclic) bond motifs is 1. The van der Waals surface area contributed by atoms with E-state index in [1.165, 1.54) is 0 Å². The average Bonchev–Trinajstić information content (AvgIpc) is 2.87. The Hall–Kier alpha value is -2.55. The van der Waals surface area contributed by atoms with Gasteiger partial charge >= 0.3 is 0 Å². The van der Waals surface area contributed by atoms with Crippen molar-refractivity contribution < 1.29 is 4.79 Å². The van der Waals surface area contributed by atoms with Gasteiger partial charge in [0.15, 0.2) is 0 Å². The first-order chi connectivity index (χ1) is 9.79. The molecule has 20 heavy (non-hydrogen) atoms. The first-order valence-electron chi connectivity index (χ1n) is 6.65. The molecule has 1 heterocycles. The second kappa shape index (κ2) is 5.21. The lowest BCUT2D eigenvalue weighted by Gasteiger charge is -2.04. The number of carbonyl (C=O) groups is 1. The van der Waals surface area contributed by atoms with Crippen LogP contribution >= 0.6 is 0 Å². The highest BCUT2D eigenvalue weighted by Gasteiger charge is 2.15. The normalized spacial score (nSPS) is 10.7. The fraction of sp³-hybridized carbons (Fsp3) is 0.118. The molecule has 100 valence electrons. The van der Waals surface area contributed by atoms with Crippen molar-refractivity contribution in [3.63, 3.8) is 0 Å². The number of aromatic amines is 1. The number of rotatable bonds is 3. The highest BCUT2D eigenvalue weighted by Crippen LogP contribution is 2.30. The number of likely N-dealkylation sites (N-methyl/N-ethyl adjacent to an activating group) is 1. The molecule has 0 aliphatic rings. The lowest BCUT2D eigenvalue weighted by molar-refractivity contribution is -0.119. The zero-order valence-electron chi connectivity index (χ0n) is 11.3. The maximum atomic E-state index is 11.8. The predicted molar refractivity (Wildman–Crippen MR) is 81.5 cm³/mol. The number of carbonyl (C=O) groups excluding carboxylic acids is 1. The number of nitrogens with one attached hydrogen (secondary N) is 2. The van der Waals surface area contributed by atoms with Gasteiger partial charge < -0.3 is 10.3 Å². The van der Waals surface area contributed by atoms with Gasteiger partial charge in [-0.05, 0) is 17.2 Å².